The minimum absolute atomic E-state index is 0.0512. The monoisotopic (exact) mass is 469 g/mol. The standard InChI is InChI=1S/C17H13Br2NO5/c1-23-14-4-3-9(7-15(14)24-2)17-13(20(21)22)6-10-5-11(18)8-12(19)16(10)25-17/h3-8,17H,1-2H3/t17-/m1/s1. The maximum atomic E-state index is 11.6. The van der Waals surface area contributed by atoms with Crippen LogP contribution >= 0.6 is 31.9 Å². The van der Waals surface area contributed by atoms with Gasteiger partial charge in [0.25, 0.3) is 5.70 Å². The minimum Gasteiger partial charge on any atom is -0.493 e. The summed E-state index contributed by atoms with van der Waals surface area (Å²) in [6, 6.07) is 8.70. The second-order valence-electron chi connectivity index (χ2n) is 5.24. The van der Waals surface area contributed by atoms with Gasteiger partial charge in [-0.2, -0.15) is 0 Å². The van der Waals surface area contributed by atoms with Gasteiger partial charge in [0.05, 0.1) is 23.6 Å². The molecule has 0 saturated heterocycles. The molecule has 1 aliphatic rings. The van der Waals surface area contributed by atoms with Gasteiger partial charge in [0.15, 0.2) is 11.5 Å². The summed E-state index contributed by atoms with van der Waals surface area (Å²) >= 11 is 6.82. The fourth-order valence-electron chi connectivity index (χ4n) is 2.63. The Hall–Kier alpha value is -2.06. The highest BCUT2D eigenvalue weighted by atomic mass is 79.9. The Balaban J connectivity index is 2.12. The van der Waals surface area contributed by atoms with E-state index in [1.165, 1.54) is 20.3 Å². The lowest BCUT2D eigenvalue weighted by atomic mass is 10.0. The molecule has 0 bridgehead atoms. The van der Waals surface area contributed by atoms with Crippen molar-refractivity contribution in [3.8, 4) is 17.2 Å². The van der Waals surface area contributed by atoms with Gasteiger partial charge < -0.3 is 14.2 Å². The van der Waals surface area contributed by atoms with E-state index in [2.05, 4.69) is 31.9 Å². The zero-order valence-corrected chi connectivity index (χ0v) is 16.5. The topological polar surface area (TPSA) is 70.8 Å². The Bertz CT molecular complexity index is 882. The summed E-state index contributed by atoms with van der Waals surface area (Å²) in [7, 11) is 3.04. The lowest BCUT2D eigenvalue weighted by molar-refractivity contribution is -0.434. The number of rotatable bonds is 4. The van der Waals surface area contributed by atoms with Crippen LogP contribution in [0.2, 0.25) is 0 Å². The molecule has 0 aliphatic carbocycles. The highest BCUT2D eigenvalue weighted by molar-refractivity contribution is 9.11. The molecule has 3 rings (SSSR count). The summed E-state index contributed by atoms with van der Waals surface area (Å²) in [6.45, 7) is 0. The first-order valence-electron chi connectivity index (χ1n) is 7.18. The largest absolute Gasteiger partial charge is 0.493 e. The number of methoxy groups -OCH3 is 2. The molecule has 0 unspecified atom stereocenters. The maximum Gasteiger partial charge on any atom is 0.291 e. The first kappa shape index (κ1) is 17.8. The van der Waals surface area contributed by atoms with Gasteiger partial charge in [0, 0.05) is 21.7 Å². The number of halogens is 2. The van der Waals surface area contributed by atoms with Crippen LogP contribution in [0, 0.1) is 10.1 Å². The number of hydrogen-bond donors (Lipinski definition) is 0. The zero-order valence-electron chi connectivity index (χ0n) is 13.3. The van der Waals surface area contributed by atoms with E-state index in [9.17, 15) is 10.1 Å². The van der Waals surface area contributed by atoms with Crippen LogP contribution in [-0.4, -0.2) is 19.1 Å². The van der Waals surface area contributed by atoms with Crippen LogP contribution in [0.1, 0.15) is 17.2 Å². The number of benzene rings is 2. The van der Waals surface area contributed by atoms with Gasteiger partial charge >= 0.3 is 0 Å². The molecule has 8 heteroatoms. The van der Waals surface area contributed by atoms with Gasteiger partial charge in [0.1, 0.15) is 5.75 Å². The molecule has 130 valence electrons. The van der Waals surface area contributed by atoms with Crippen molar-refractivity contribution < 1.29 is 19.1 Å². The van der Waals surface area contributed by atoms with E-state index in [0.29, 0.717) is 32.8 Å². The van der Waals surface area contributed by atoms with Gasteiger partial charge in [-0.25, -0.2) is 0 Å². The van der Waals surface area contributed by atoms with Crippen LogP contribution in [0.3, 0.4) is 0 Å². The summed E-state index contributed by atoms with van der Waals surface area (Å²) in [4.78, 5) is 11.1. The number of nitrogens with zero attached hydrogens (tertiary/aromatic N) is 1. The van der Waals surface area contributed by atoms with E-state index >= 15 is 0 Å². The lowest BCUT2D eigenvalue weighted by Gasteiger charge is -2.24. The Kier molecular flexibility index (Phi) is 5.01. The third-order valence-corrected chi connectivity index (χ3v) is 4.81. The molecule has 1 atom stereocenters. The van der Waals surface area contributed by atoms with Crippen LogP contribution < -0.4 is 14.2 Å². The summed E-state index contributed by atoms with van der Waals surface area (Å²) in [5.41, 5.74) is 1.18. The van der Waals surface area contributed by atoms with Crippen LogP contribution in [0.5, 0.6) is 17.2 Å². The van der Waals surface area contributed by atoms with E-state index in [-0.39, 0.29) is 5.70 Å². The van der Waals surface area contributed by atoms with Gasteiger partial charge in [-0.1, -0.05) is 22.0 Å². The van der Waals surface area contributed by atoms with Crippen LogP contribution in [0.4, 0.5) is 0 Å². The fourth-order valence-corrected chi connectivity index (χ4v) is 3.98. The summed E-state index contributed by atoms with van der Waals surface area (Å²) in [5, 5.41) is 11.6. The zero-order chi connectivity index (χ0) is 18.1. The second-order valence-corrected chi connectivity index (χ2v) is 7.01. The number of nitro groups is 1. The molecule has 0 amide bonds. The molecule has 1 aliphatic heterocycles. The summed E-state index contributed by atoms with van der Waals surface area (Å²) < 4.78 is 18.0. The molecule has 1 heterocycles. The molecule has 0 aromatic heterocycles. The number of ether oxygens (including phenoxy) is 3. The van der Waals surface area contributed by atoms with E-state index in [0.717, 1.165) is 4.47 Å². The van der Waals surface area contributed by atoms with Crippen molar-refractivity contribution in [3.05, 3.63) is 66.2 Å². The first-order valence-corrected chi connectivity index (χ1v) is 8.76. The van der Waals surface area contributed by atoms with Crippen molar-refractivity contribution in [1.29, 1.82) is 0 Å². The van der Waals surface area contributed by atoms with Crippen LogP contribution in [-0.2, 0) is 0 Å². The molecule has 0 radical (unpaired) electrons. The van der Waals surface area contributed by atoms with Gasteiger partial charge in [-0.15, -0.1) is 0 Å². The first-order chi connectivity index (χ1) is 11.9. The van der Waals surface area contributed by atoms with Crippen molar-refractivity contribution in [1.82, 2.24) is 0 Å². The Labute approximate surface area is 160 Å². The van der Waals surface area contributed by atoms with Crippen molar-refractivity contribution in [2.45, 2.75) is 6.10 Å². The molecule has 2 aromatic carbocycles. The molecule has 0 fully saturated rings. The van der Waals surface area contributed by atoms with Crippen molar-refractivity contribution in [2.24, 2.45) is 0 Å². The molecule has 0 N–H and O–H groups in total. The summed E-state index contributed by atoms with van der Waals surface area (Å²) in [5.74, 6) is 1.57. The molecule has 0 saturated carbocycles. The molecular weight excluding hydrogens is 458 g/mol. The van der Waals surface area contributed by atoms with Crippen LogP contribution in [0.25, 0.3) is 6.08 Å². The second kappa shape index (κ2) is 7.05. The van der Waals surface area contributed by atoms with Gasteiger partial charge in [0.2, 0.25) is 6.10 Å². The lowest BCUT2D eigenvalue weighted by Crippen LogP contribution is -2.20. The molecular formula is C17H13Br2NO5. The van der Waals surface area contributed by atoms with E-state index in [1.54, 1.807) is 24.3 Å². The Morgan fingerprint density at radius 3 is 2.48 bits per heavy atom. The van der Waals surface area contributed by atoms with E-state index < -0.39 is 11.0 Å². The average molecular weight is 471 g/mol. The molecule has 6 nitrogen and oxygen atoms in total. The molecule has 25 heavy (non-hydrogen) atoms. The quantitative estimate of drug-likeness (QED) is 0.465. The minimum atomic E-state index is -0.861. The van der Waals surface area contributed by atoms with Crippen molar-refractivity contribution in [2.75, 3.05) is 14.2 Å². The maximum absolute atomic E-state index is 11.6. The Morgan fingerprint density at radius 1 is 1.12 bits per heavy atom. The third-order valence-electron chi connectivity index (χ3n) is 3.77. The van der Waals surface area contributed by atoms with Crippen molar-refractivity contribution in [3.63, 3.8) is 0 Å². The average Bonchev–Trinajstić information content (AvgIpc) is 2.59. The van der Waals surface area contributed by atoms with Gasteiger partial charge in [-0.05, 0) is 40.2 Å². The SMILES string of the molecule is COc1ccc([C@H]2Oc3c(Br)cc(Br)cc3C=C2[N+](=O)[O-])cc1OC. The predicted molar refractivity (Wildman–Crippen MR) is 99.7 cm³/mol. The van der Waals surface area contributed by atoms with Gasteiger partial charge in [-0.3, -0.25) is 10.1 Å². The molecule has 0 spiro atoms. The highest BCUT2D eigenvalue weighted by Gasteiger charge is 2.34. The Morgan fingerprint density at radius 2 is 1.84 bits per heavy atom. The van der Waals surface area contributed by atoms with E-state index in [4.69, 9.17) is 14.2 Å². The van der Waals surface area contributed by atoms with E-state index in [1.807, 2.05) is 6.07 Å². The van der Waals surface area contributed by atoms with Crippen LogP contribution in [0.15, 0.2) is 45.0 Å². The predicted octanol–water partition coefficient (Wildman–Crippen LogP) is 4.98. The smallest absolute Gasteiger partial charge is 0.291 e. The third kappa shape index (κ3) is 3.36. The number of fused-ring (bicyclic) bond motifs is 1. The molecule has 2 aromatic rings. The normalized spacial score (nSPS) is 15.7. The van der Waals surface area contributed by atoms with Crippen molar-refractivity contribution >= 4 is 37.9 Å². The fraction of sp³-hybridized carbons (Fsp3) is 0.176. The summed E-state index contributed by atoms with van der Waals surface area (Å²) in [6.07, 6.45) is 0.662. The highest BCUT2D eigenvalue weighted by Crippen LogP contribution is 2.44. The number of hydrogen-bond acceptors (Lipinski definition) is 5.